The van der Waals surface area contributed by atoms with E-state index in [1.54, 1.807) is 0 Å². The molecule has 1 saturated heterocycles. The average molecular weight is 405 g/mol. The zero-order chi connectivity index (χ0) is 20.8. The number of carbonyl (C=O) groups excluding carboxylic acids is 1. The summed E-state index contributed by atoms with van der Waals surface area (Å²) in [6, 6.07) is 3.77. The molecule has 0 bridgehead atoms. The van der Waals surface area contributed by atoms with E-state index in [0.29, 0.717) is 55.1 Å². The Kier molecular flexibility index (Phi) is 7.36. The molecular weight excluding hydrogens is 372 g/mol. The molecule has 3 rings (SSSR count). The molecule has 160 valence electrons. The number of likely N-dealkylation sites (tertiary alicyclic amines) is 1. The zero-order valence-corrected chi connectivity index (χ0v) is 17.4. The minimum Gasteiger partial charge on any atom is -0.490 e. The van der Waals surface area contributed by atoms with Gasteiger partial charge in [0.2, 0.25) is 0 Å². The zero-order valence-electron chi connectivity index (χ0n) is 17.4. The molecule has 1 fully saturated rings. The van der Waals surface area contributed by atoms with Crippen molar-refractivity contribution in [3.05, 3.63) is 23.3 Å². The van der Waals surface area contributed by atoms with Crippen molar-refractivity contribution in [2.45, 2.75) is 39.5 Å². The summed E-state index contributed by atoms with van der Waals surface area (Å²) in [6.07, 6.45) is 2.71. The first-order valence-corrected chi connectivity index (χ1v) is 10.6. The molecule has 2 aliphatic heterocycles. The fourth-order valence-electron chi connectivity index (χ4n) is 4.14. The van der Waals surface area contributed by atoms with Crippen molar-refractivity contribution in [1.29, 1.82) is 0 Å². The molecule has 0 aliphatic carbocycles. The Labute approximate surface area is 172 Å². The molecule has 1 aromatic rings. The highest BCUT2D eigenvalue weighted by molar-refractivity contribution is 5.98. The SMILES string of the molecule is Cc1cc2c(c(C(=O)NC[C@@H]3CCN(CCCC(=O)O)C[C@H]3C)c1)OCCCO2. The number of nitrogens with one attached hydrogen (secondary N) is 1. The van der Waals surface area contributed by atoms with Crippen LogP contribution < -0.4 is 14.8 Å². The molecule has 0 aromatic heterocycles. The van der Waals surface area contributed by atoms with E-state index in [1.807, 2.05) is 19.1 Å². The van der Waals surface area contributed by atoms with Gasteiger partial charge >= 0.3 is 5.97 Å². The Morgan fingerprint density at radius 1 is 1.28 bits per heavy atom. The topological polar surface area (TPSA) is 88.1 Å². The minimum absolute atomic E-state index is 0.119. The van der Waals surface area contributed by atoms with E-state index in [2.05, 4.69) is 17.1 Å². The van der Waals surface area contributed by atoms with Gasteiger partial charge in [0.15, 0.2) is 11.5 Å². The fraction of sp³-hybridized carbons (Fsp3) is 0.636. The van der Waals surface area contributed by atoms with Gasteiger partial charge in [-0.15, -0.1) is 0 Å². The van der Waals surface area contributed by atoms with Crippen molar-refractivity contribution >= 4 is 11.9 Å². The number of carbonyl (C=O) groups is 2. The van der Waals surface area contributed by atoms with Gasteiger partial charge in [0.1, 0.15) is 0 Å². The van der Waals surface area contributed by atoms with Crippen LogP contribution in [-0.4, -0.2) is 61.3 Å². The van der Waals surface area contributed by atoms with Gasteiger partial charge in [0.05, 0.1) is 18.8 Å². The minimum atomic E-state index is -0.737. The maximum atomic E-state index is 12.9. The van der Waals surface area contributed by atoms with Gasteiger partial charge in [0, 0.05) is 25.9 Å². The molecule has 0 radical (unpaired) electrons. The van der Waals surface area contributed by atoms with Crippen LogP contribution in [0.4, 0.5) is 0 Å². The highest BCUT2D eigenvalue weighted by Crippen LogP contribution is 2.35. The molecule has 7 nitrogen and oxygen atoms in total. The summed E-state index contributed by atoms with van der Waals surface area (Å²) in [5.41, 5.74) is 1.52. The quantitative estimate of drug-likeness (QED) is 0.727. The third-order valence-electron chi connectivity index (χ3n) is 5.79. The Balaban J connectivity index is 1.54. The van der Waals surface area contributed by atoms with E-state index in [4.69, 9.17) is 14.6 Å². The number of aliphatic carboxylic acids is 1. The van der Waals surface area contributed by atoms with E-state index in [0.717, 1.165) is 38.0 Å². The predicted octanol–water partition coefficient (Wildman–Crippen LogP) is 2.71. The molecule has 1 amide bonds. The molecule has 29 heavy (non-hydrogen) atoms. The van der Waals surface area contributed by atoms with Crippen LogP contribution in [0.3, 0.4) is 0 Å². The second-order valence-electron chi connectivity index (χ2n) is 8.22. The van der Waals surface area contributed by atoms with Crippen LogP contribution in [0.5, 0.6) is 11.5 Å². The van der Waals surface area contributed by atoms with Crippen molar-refractivity contribution in [1.82, 2.24) is 10.2 Å². The molecule has 0 saturated carbocycles. The summed E-state index contributed by atoms with van der Waals surface area (Å²) in [5, 5.41) is 11.9. The van der Waals surface area contributed by atoms with Crippen molar-refractivity contribution in [3.63, 3.8) is 0 Å². The Bertz CT molecular complexity index is 736. The number of hydrogen-bond acceptors (Lipinski definition) is 5. The lowest BCUT2D eigenvalue weighted by Gasteiger charge is -2.37. The average Bonchev–Trinajstić information content (AvgIpc) is 2.91. The molecular formula is C22H32N2O5. The number of carboxylic acids is 1. The van der Waals surface area contributed by atoms with Gasteiger partial charge in [-0.05, 0) is 62.4 Å². The Hall–Kier alpha value is -2.28. The second kappa shape index (κ2) is 9.96. The first-order chi connectivity index (χ1) is 13.9. The third kappa shape index (κ3) is 5.85. The lowest BCUT2D eigenvalue weighted by atomic mass is 9.86. The standard InChI is InChI=1S/C22H32N2O5/c1-15-11-18(21-19(12-15)28-9-4-10-29-21)22(27)23-13-17-6-8-24(14-16(17)2)7-3-5-20(25)26/h11-12,16-17H,3-10,13-14H2,1-2H3,(H,23,27)(H,25,26)/t16-,17+/m1/s1. The van der Waals surface area contributed by atoms with Crippen LogP contribution in [0.15, 0.2) is 12.1 Å². The summed E-state index contributed by atoms with van der Waals surface area (Å²) < 4.78 is 11.5. The molecule has 2 aliphatic rings. The van der Waals surface area contributed by atoms with Gasteiger partial charge in [-0.1, -0.05) is 6.92 Å². The van der Waals surface area contributed by atoms with E-state index in [9.17, 15) is 9.59 Å². The van der Waals surface area contributed by atoms with Crippen LogP contribution in [0.25, 0.3) is 0 Å². The normalized spacial score (nSPS) is 22.0. The summed E-state index contributed by atoms with van der Waals surface area (Å²) in [5.74, 6) is 1.20. The van der Waals surface area contributed by atoms with Crippen LogP contribution in [-0.2, 0) is 4.79 Å². The number of aryl methyl sites for hydroxylation is 1. The van der Waals surface area contributed by atoms with Crippen LogP contribution in [0.1, 0.15) is 48.5 Å². The van der Waals surface area contributed by atoms with Crippen molar-refractivity contribution in [3.8, 4) is 11.5 Å². The molecule has 1 aromatic carbocycles. The largest absolute Gasteiger partial charge is 0.490 e. The first kappa shape index (κ1) is 21.4. The number of rotatable bonds is 7. The second-order valence-corrected chi connectivity index (χ2v) is 8.22. The predicted molar refractivity (Wildman–Crippen MR) is 110 cm³/mol. The smallest absolute Gasteiger partial charge is 0.303 e. The molecule has 2 atom stereocenters. The maximum absolute atomic E-state index is 12.9. The van der Waals surface area contributed by atoms with E-state index < -0.39 is 5.97 Å². The van der Waals surface area contributed by atoms with Crippen molar-refractivity contribution < 1.29 is 24.2 Å². The van der Waals surface area contributed by atoms with E-state index in [1.165, 1.54) is 0 Å². The van der Waals surface area contributed by atoms with Gasteiger partial charge in [-0.2, -0.15) is 0 Å². The highest BCUT2D eigenvalue weighted by Gasteiger charge is 2.27. The van der Waals surface area contributed by atoms with Crippen molar-refractivity contribution in [2.24, 2.45) is 11.8 Å². The number of hydrogen-bond donors (Lipinski definition) is 2. The van der Waals surface area contributed by atoms with Crippen LogP contribution >= 0.6 is 0 Å². The van der Waals surface area contributed by atoms with Crippen LogP contribution in [0.2, 0.25) is 0 Å². The van der Waals surface area contributed by atoms with E-state index in [-0.39, 0.29) is 12.3 Å². The number of piperidine rings is 1. The van der Waals surface area contributed by atoms with Gasteiger partial charge in [-0.25, -0.2) is 0 Å². The molecule has 0 spiro atoms. The Morgan fingerprint density at radius 2 is 2.07 bits per heavy atom. The summed E-state index contributed by atoms with van der Waals surface area (Å²) in [6.45, 7) is 8.64. The van der Waals surface area contributed by atoms with Gasteiger partial charge in [0.25, 0.3) is 5.91 Å². The number of nitrogens with zero attached hydrogens (tertiary/aromatic N) is 1. The lowest BCUT2D eigenvalue weighted by Crippen LogP contribution is -2.44. The highest BCUT2D eigenvalue weighted by atomic mass is 16.5. The lowest BCUT2D eigenvalue weighted by molar-refractivity contribution is -0.137. The van der Waals surface area contributed by atoms with Crippen LogP contribution in [0, 0.1) is 18.8 Å². The maximum Gasteiger partial charge on any atom is 0.303 e. The molecule has 0 unspecified atom stereocenters. The summed E-state index contributed by atoms with van der Waals surface area (Å²) in [4.78, 5) is 25.9. The monoisotopic (exact) mass is 404 g/mol. The summed E-state index contributed by atoms with van der Waals surface area (Å²) in [7, 11) is 0. The van der Waals surface area contributed by atoms with E-state index >= 15 is 0 Å². The molecule has 7 heteroatoms. The molecule has 2 heterocycles. The van der Waals surface area contributed by atoms with Gasteiger partial charge < -0.3 is 24.8 Å². The number of carboxylic acid groups (broad SMARTS) is 1. The van der Waals surface area contributed by atoms with Crippen molar-refractivity contribution in [2.75, 3.05) is 39.4 Å². The summed E-state index contributed by atoms with van der Waals surface area (Å²) >= 11 is 0. The number of benzene rings is 1. The number of amides is 1. The van der Waals surface area contributed by atoms with Gasteiger partial charge in [-0.3, -0.25) is 9.59 Å². The first-order valence-electron chi connectivity index (χ1n) is 10.6. The number of fused-ring (bicyclic) bond motifs is 1. The fourth-order valence-corrected chi connectivity index (χ4v) is 4.14. The Morgan fingerprint density at radius 3 is 2.83 bits per heavy atom. The number of ether oxygens (including phenoxy) is 2. The molecule has 2 N–H and O–H groups in total. The third-order valence-corrected chi connectivity index (χ3v) is 5.79.